The minimum Gasteiger partial charge on any atom is -0.330 e. The van der Waals surface area contributed by atoms with Gasteiger partial charge in [0.1, 0.15) is 5.69 Å². The SMILES string of the molecule is CC(C)c1cc(NC(=O)c2csc(CCN)n2)n[nH]1. The predicted molar refractivity (Wildman–Crippen MR) is 75.5 cm³/mol. The second kappa shape index (κ2) is 5.94. The number of aromatic nitrogens is 3. The van der Waals surface area contributed by atoms with Crippen LogP contribution in [-0.2, 0) is 6.42 Å². The normalized spacial score (nSPS) is 10.9. The average molecular weight is 279 g/mol. The van der Waals surface area contributed by atoms with Gasteiger partial charge in [0.05, 0.1) is 5.01 Å². The molecule has 102 valence electrons. The molecular formula is C12H17N5OS. The van der Waals surface area contributed by atoms with Crippen LogP contribution in [0.2, 0.25) is 0 Å². The Morgan fingerprint density at radius 2 is 2.37 bits per heavy atom. The van der Waals surface area contributed by atoms with E-state index in [-0.39, 0.29) is 5.91 Å². The van der Waals surface area contributed by atoms with Gasteiger partial charge in [0, 0.05) is 23.6 Å². The fourth-order valence-corrected chi connectivity index (χ4v) is 2.32. The van der Waals surface area contributed by atoms with Gasteiger partial charge in [-0.3, -0.25) is 9.89 Å². The van der Waals surface area contributed by atoms with Crippen molar-refractivity contribution in [3.63, 3.8) is 0 Å². The van der Waals surface area contributed by atoms with Gasteiger partial charge in [-0.2, -0.15) is 5.10 Å². The number of H-pyrrole nitrogens is 1. The summed E-state index contributed by atoms with van der Waals surface area (Å²) in [5.41, 5.74) is 6.84. The molecule has 0 spiro atoms. The Hall–Kier alpha value is -1.73. The highest BCUT2D eigenvalue weighted by molar-refractivity contribution is 7.09. The zero-order chi connectivity index (χ0) is 13.8. The molecule has 2 aromatic heterocycles. The smallest absolute Gasteiger partial charge is 0.276 e. The largest absolute Gasteiger partial charge is 0.330 e. The van der Waals surface area contributed by atoms with Crippen LogP contribution in [-0.4, -0.2) is 27.6 Å². The molecule has 1 amide bonds. The van der Waals surface area contributed by atoms with Gasteiger partial charge < -0.3 is 11.1 Å². The Morgan fingerprint density at radius 1 is 1.58 bits per heavy atom. The molecule has 0 atom stereocenters. The number of nitrogens with one attached hydrogen (secondary N) is 2. The maximum atomic E-state index is 12.0. The Bertz CT molecular complexity index is 560. The summed E-state index contributed by atoms with van der Waals surface area (Å²) in [5.74, 6) is 0.608. The zero-order valence-corrected chi connectivity index (χ0v) is 11.8. The molecule has 19 heavy (non-hydrogen) atoms. The number of amides is 1. The van der Waals surface area contributed by atoms with Gasteiger partial charge in [0.2, 0.25) is 0 Å². The molecule has 2 heterocycles. The van der Waals surface area contributed by atoms with E-state index >= 15 is 0 Å². The molecule has 6 nitrogen and oxygen atoms in total. The first-order valence-electron chi connectivity index (χ1n) is 6.11. The summed E-state index contributed by atoms with van der Waals surface area (Å²) in [6.07, 6.45) is 0.692. The number of anilines is 1. The number of rotatable bonds is 5. The highest BCUT2D eigenvalue weighted by Crippen LogP contribution is 2.16. The highest BCUT2D eigenvalue weighted by atomic mass is 32.1. The topological polar surface area (TPSA) is 96.7 Å². The van der Waals surface area contributed by atoms with Crippen molar-refractivity contribution in [3.8, 4) is 0 Å². The third-order valence-corrected chi connectivity index (χ3v) is 3.51. The molecule has 0 saturated heterocycles. The first-order chi connectivity index (χ1) is 9.10. The third-order valence-electron chi connectivity index (χ3n) is 2.60. The average Bonchev–Trinajstić information content (AvgIpc) is 2.98. The van der Waals surface area contributed by atoms with Crippen LogP contribution >= 0.6 is 11.3 Å². The molecule has 0 aromatic carbocycles. The number of hydrogen-bond donors (Lipinski definition) is 3. The minimum absolute atomic E-state index is 0.249. The summed E-state index contributed by atoms with van der Waals surface area (Å²) >= 11 is 1.44. The molecule has 0 aliphatic rings. The lowest BCUT2D eigenvalue weighted by Gasteiger charge is -1.98. The molecule has 0 aliphatic heterocycles. The first-order valence-corrected chi connectivity index (χ1v) is 6.99. The van der Waals surface area contributed by atoms with Gasteiger partial charge in [-0.25, -0.2) is 4.98 Å². The molecule has 2 aromatic rings. The lowest BCUT2D eigenvalue weighted by Crippen LogP contribution is -2.13. The maximum absolute atomic E-state index is 12.0. The number of carbonyl (C=O) groups excluding carboxylic acids is 1. The Morgan fingerprint density at radius 3 is 3.00 bits per heavy atom. The van der Waals surface area contributed by atoms with Gasteiger partial charge in [-0.05, 0) is 12.5 Å². The van der Waals surface area contributed by atoms with Crippen LogP contribution in [0.3, 0.4) is 0 Å². The minimum atomic E-state index is -0.249. The molecule has 4 N–H and O–H groups in total. The lowest BCUT2D eigenvalue weighted by atomic mass is 10.1. The molecule has 2 rings (SSSR count). The van der Waals surface area contributed by atoms with Crippen LogP contribution in [0.25, 0.3) is 0 Å². The van der Waals surface area contributed by atoms with Crippen molar-refractivity contribution in [2.75, 3.05) is 11.9 Å². The number of carbonyl (C=O) groups is 1. The molecule has 0 aliphatic carbocycles. The van der Waals surface area contributed by atoms with Crippen molar-refractivity contribution < 1.29 is 4.79 Å². The number of hydrogen-bond acceptors (Lipinski definition) is 5. The standard InChI is InChI=1S/C12H17N5OS/c1-7(2)8-5-10(17-16-8)15-12(18)9-6-19-11(14-9)3-4-13/h5-7H,3-4,13H2,1-2H3,(H2,15,16,17,18). The number of nitrogens with two attached hydrogens (primary N) is 1. The summed E-state index contributed by atoms with van der Waals surface area (Å²) in [6.45, 7) is 4.64. The van der Waals surface area contributed by atoms with E-state index in [1.165, 1.54) is 11.3 Å². The Labute approximate surface area is 115 Å². The van der Waals surface area contributed by atoms with Gasteiger partial charge in [-0.15, -0.1) is 11.3 Å². The number of aromatic amines is 1. The summed E-state index contributed by atoms with van der Waals surface area (Å²) in [6, 6.07) is 1.83. The van der Waals surface area contributed by atoms with Crippen molar-refractivity contribution in [3.05, 3.63) is 27.8 Å². The molecular weight excluding hydrogens is 262 g/mol. The highest BCUT2D eigenvalue weighted by Gasteiger charge is 2.13. The summed E-state index contributed by atoms with van der Waals surface area (Å²) in [7, 11) is 0. The first kappa shape index (κ1) is 13.7. The van der Waals surface area contributed by atoms with E-state index in [0.717, 1.165) is 10.7 Å². The van der Waals surface area contributed by atoms with Gasteiger partial charge in [-0.1, -0.05) is 13.8 Å². The van der Waals surface area contributed by atoms with E-state index in [4.69, 9.17) is 5.73 Å². The Kier molecular flexibility index (Phi) is 4.28. The third kappa shape index (κ3) is 3.39. The van der Waals surface area contributed by atoms with Crippen molar-refractivity contribution in [2.24, 2.45) is 5.73 Å². The molecule has 7 heteroatoms. The molecule has 0 fully saturated rings. The van der Waals surface area contributed by atoms with Crippen LogP contribution in [0, 0.1) is 0 Å². The summed E-state index contributed by atoms with van der Waals surface area (Å²) in [5, 5.41) is 12.3. The van der Waals surface area contributed by atoms with Gasteiger partial charge in [0.25, 0.3) is 5.91 Å². The molecule has 0 radical (unpaired) electrons. The van der Waals surface area contributed by atoms with E-state index in [2.05, 4.69) is 34.3 Å². The monoisotopic (exact) mass is 279 g/mol. The van der Waals surface area contributed by atoms with E-state index in [1.807, 2.05) is 6.07 Å². The molecule has 0 saturated carbocycles. The Balaban J connectivity index is 2.02. The van der Waals surface area contributed by atoms with Crippen molar-refractivity contribution in [1.82, 2.24) is 15.2 Å². The second-order valence-electron chi connectivity index (χ2n) is 4.48. The van der Waals surface area contributed by atoms with Crippen LogP contribution in [0.5, 0.6) is 0 Å². The summed E-state index contributed by atoms with van der Waals surface area (Å²) in [4.78, 5) is 16.2. The number of nitrogens with zero attached hydrogens (tertiary/aromatic N) is 2. The van der Waals surface area contributed by atoms with E-state index in [9.17, 15) is 4.79 Å². The zero-order valence-electron chi connectivity index (χ0n) is 10.9. The predicted octanol–water partition coefficient (Wildman–Crippen LogP) is 1.74. The van der Waals surface area contributed by atoms with Crippen LogP contribution in [0.4, 0.5) is 5.82 Å². The summed E-state index contributed by atoms with van der Waals surface area (Å²) < 4.78 is 0. The van der Waals surface area contributed by atoms with Gasteiger partial charge in [0.15, 0.2) is 5.82 Å². The van der Waals surface area contributed by atoms with Crippen molar-refractivity contribution in [1.29, 1.82) is 0 Å². The van der Waals surface area contributed by atoms with Crippen molar-refractivity contribution in [2.45, 2.75) is 26.2 Å². The quantitative estimate of drug-likeness (QED) is 0.776. The maximum Gasteiger partial charge on any atom is 0.276 e. The van der Waals surface area contributed by atoms with E-state index < -0.39 is 0 Å². The van der Waals surface area contributed by atoms with Crippen LogP contribution in [0.15, 0.2) is 11.4 Å². The van der Waals surface area contributed by atoms with Crippen molar-refractivity contribution >= 4 is 23.1 Å². The lowest BCUT2D eigenvalue weighted by molar-refractivity contribution is 0.102. The van der Waals surface area contributed by atoms with Gasteiger partial charge >= 0.3 is 0 Å². The molecule has 0 unspecified atom stereocenters. The number of thiazole rings is 1. The van der Waals surface area contributed by atoms with E-state index in [0.29, 0.717) is 30.4 Å². The second-order valence-corrected chi connectivity index (χ2v) is 5.43. The fourth-order valence-electron chi connectivity index (χ4n) is 1.53. The fraction of sp³-hybridized carbons (Fsp3) is 0.417. The van der Waals surface area contributed by atoms with Crippen LogP contribution < -0.4 is 11.1 Å². The van der Waals surface area contributed by atoms with E-state index in [1.54, 1.807) is 5.38 Å². The molecule has 0 bridgehead atoms. The van der Waals surface area contributed by atoms with Crippen LogP contribution in [0.1, 0.15) is 41.0 Å².